The molecule has 1 aromatic rings. The molecule has 0 radical (unpaired) electrons. The van der Waals surface area contributed by atoms with Crippen molar-refractivity contribution >= 4 is 17.5 Å². The van der Waals surface area contributed by atoms with Crippen molar-refractivity contribution in [3.05, 3.63) is 23.8 Å². The summed E-state index contributed by atoms with van der Waals surface area (Å²) in [5.74, 6) is -0.0681. The van der Waals surface area contributed by atoms with Gasteiger partial charge >= 0.3 is 0 Å². The highest BCUT2D eigenvalue weighted by atomic mass is 16.5. The van der Waals surface area contributed by atoms with E-state index in [-0.39, 0.29) is 18.4 Å². The van der Waals surface area contributed by atoms with E-state index in [9.17, 15) is 9.59 Å². The first-order chi connectivity index (χ1) is 9.49. The van der Waals surface area contributed by atoms with Gasteiger partial charge in [0.05, 0.1) is 19.2 Å². The van der Waals surface area contributed by atoms with Crippen LogP contribution in [0.4, 0.5) is 5.69 Å². The average Bonchev–Trinajstić information content (AvgIpc) is 2.44. The Morgan fingerprint density at radius 3 is 2.70 bits per heavy atom. The summed E-state index contributed by atoms with van der Waals surface area (Å²) in [7, 11) is 3.04. The van der Waals surface area contributed by atoms with E-state index in [2.05, 4.69) is 5.32 Å². The minimum atomic E-state index is -0.284. The smallest absolute Gasteiger partial charge is 0.257 e. The van der Waals surface area contributed by atoms with E-state index < -0.39 is 0 Å². The number of hydrogen-bond acceptors (Lipinski definition) is 4. The number of carbonyl (C=O) groups excluding carboxylic acids is 2. The van der Waals surface area contributed by atoms with Gasteiger partial charge in [-0.3, -0.25) is 9.59 Å². The van der Waals surface area contributed by atoms with Gasteiger partial charge < -0.3 is 20.7 Å². The number of rotatable bonds is 6. The lowest BCUT2D eigenvalue weighted by molar-refractivity contribution is -0.121. The predicted molar refractivity (Wildman–Crippen MR) is 77.7 cm³/mol. The fraction of sp³-hybridized carbons (Fsp3) is 0.429. The number of hydrogen-bond donors (Lipinski definition) is 2. The summed E-state index contributed by atoms with van der Waals surface area (Å²) in [6.07, 6.45) is 0.856. The lowest BCUT2D eigenvalue weighted by atomic mass is 10.1. The molecular formula is C14H21N3O3. The van der Waals surface area contributed by atoms with Crippen LogP contribution < -0.4 is 15.8 Å². The number of nitrogens with one attached hydrogen (secondary N) is 1. The molecule has 0 aliphatic heterocycles. The lowest BCUT2D eigenvalue weighted by Crippen LogP contribution is -2.38. The Labute approximate surface area is 118 Å². The van der Waals surface area contributed by atoms with Crippen LogP contribution in [0.15, 0.2) is 18.2 Å². The van der Waals surface area contributed by atoms with Gasteiger partial charge in [0, 0.05) is 25.3 Å². The Morgan fingerprint density at radius 2 is 2.10 bits per heavy atom. The molecule has 0 aliphatic carbocycles. The van der Waals surface area contributed by atoms with E-state index >= 15 is 0 Å². The molecule has 6 nitrogen and oxygen atoms in total. The second-order valence-corrected chi connectivity index (χ2v) is 4.47. The third-order valence-corrected chi connectivity index (χ3v) is 2.76. The molecule has 0 fully saturated rings. The molecule has 0 aromatic heterocycles. The van der Waals surface area contributed by atoms with E-state index in [4.69, 9.17) is 10.5 Å². The van der Waals surface area contributed by atoms with Crippen LogP contribution >= 0.6 is 0 Å². The zero-order valence-electron chi connectivity index (χ0n) is 12.1. The second kappa shape index (κ2) is 7.37. The molecule has 0 saturated carbocycles. The van der Waals surface area contributed by atoms with Crippen molar-refractivity contribution in [1.82, 2.24) is 10.2 Å². The molecule has 0 spiro atoms. The molecular weight excluding hydrogens is 258 g/mol. The van der Waals surface area contributed by atoms with E-state index in [1.165, 1.54) is 12.0 Å². The summed E-state index contributed by atoms with van der Waals surface area (Å²) in [6, 6.07) is 4.80. The SMILES string of the molecule is CCCNC(=O)CN(C)C(=O)c1ccc(N)cc1OC. The van der Waals surface area contributed by atoms with Gasteiger partial charge in [-0.05, 0) is 18.6 Å². The van der Waals surface area contributed by atoms with Gasteiger partial charge in [0.25, 0.3) is 5.91 Å². The van der Waals surface area contributed by atoms with Gasteiger partial charge in [-0.15, -0.1) is 0 Å². The first kappa shape index (κ1) is 15.8. The summed E-state index contributed by atoms with van der Waals surface area (Å²) in [5, 5.41) is 2.72. The molecule has 0 heterocycles. The molecule has 1 rings (SSSR count). The Balaban J connectivity index is 2.76. The Morgan fingerprint density at radius 1 is 1.40 bits per heavy atom. The van der Waals surface area contributed by atoms with E-state index in [1.807, 2.05) is 6.92 Å². The molecule has 6 heteroatoms. The minimum absolute atomic E-state index is 0.00631. The van der Waals surface area contributed by atoms with E-state index in [1.54, 1.807) is 25.2 Å². The number of anilines is 1. The number of methoxy groups -OCH3 is 1. The number of nitrogens with zero attached hydrogens (tertiary/aromatic N) is 1. The molecule has 0 saturated heterocycles. The van der Waals surface area contributed by atoms with Crippen molar-refractivity contribution in [2.75, 3.05) is 33.0 Å². The fourth-order valence-electron chi connectivity index (χ4n) is 1.70. The molecule has 110 valence electrons. The summed E-state index contributed by atoms with van der Waals surface area (Å²) in [4.78, 5) is 25.2. The van der Waals surface area contributed by atoms with Gasteiger partial charge in [-0.25, -0.2) is 0 Å². The van der Waals surface area contributed by atoms with Crippen LogP contribution in [0.2, 0.25) is 0 Å². The minimum Gasteiger partial charge on any atom is -0.496 e. The fourth-order valence-corrected chi connectivity index (χ4v) is 1.70. The highest BCUT2D eigenvalue weighted by Gasteiger charge is 2.18. The molecule has 0 aliphatic rings. The first-order valence-electron chi connectivity index (χ1n) is 6.45. The van der Waals surface area contributed by atoms with Crippen LogP contribution in [0, 0.1) is 0 Å². The van der Waals surface area contributed by atoms with E-state index in [0.717, 1.165) is 6.42 Å². The van der Waals surface area contributed by atoms with Crippen molar-refractivity contribution in [2.45, 2.75) is 13.3 Å². The largest absolute Gasteiger partial charge is 0.496 e. The average molecular weight is 279 g/mol. The topological polar surface area (TPSA) is 84.7 Å². The second-order valence-electron chi connectivity index (χ2n) is 4.47. The molecule has 1 aromatic carbocycles. The third kappa shape index (κ3) is 4.15. The van der Waals surface area contributed by atoms with Crippen molar-refractivity contribution in [2.24, 2.45) is 0 Å². The van der Waals surface area contributed by atoms with Gasteiger partial charge in [0.2, 0.25) is 5.91 Å². The third-order valence-electron chi connectivity index (χ3n) is 2.76. The van der Waals surface area contributed by atoms with Crippen LogP contribution in [-0.4, -0.2) is 44.0 Å². The van der Waals surface area contributed by atoms with Gasteiger partial charge in [0.1, 0.15) is 5.75 Å². The number of nitrogen functional groups attached to an aromatic ring is 1. The number of amides is 2. The first-order valence-corrected chi connectivity index (χ1v) is 6.45. The molecule has 0 unspecified atom stereocenters. The number of benzene rings is 1. The van der Waals surface area contributed by atoms with Gasteiger partial charge in [-0.1, -0.05) is 6.92 Å². The number of nitrogens with two attached hydrogens (primary N) is 1. The number of ether oxygens (including phenoxy) is 1. The summed E-state index contributed by atoms with van der Waals surface area (Å²) >= 11 is 0. The molecule has 20 heavy (non-hydrogen) atoms. The van der Waals surface area contributed by atoms with Gasteiger partial charge in [-0.2, -0.15) is 0 Å². The highest BCUT2D eigenvalue weighted by molar-refractivity contribution is 5.99. The Kier molecular flexibility index (Phi) is 5.83. The summed E-state index contributed by atoms with van der Waals surface area (Å²) < 4.78 is 5.14. The maximum atomic E-state index is 12.3. The van der Waals surface area contributed by atoms with Gasteiger partial charge in [0.15, 0.2) is 0 Å². The predicted octanol–water partition coefficient (Wildman–Crippen LogP) is 0.876. The number of likely N-dealkylation sites (N-methyl/N-ethyl adjacent to an activating group) is 1. The zero-order valence-corrected chi connectivity index (χ0v) is 12.1. The summed E-state index contributed by atoms with van der Waals surface area (Å²) in [5.41, 5.74) is 6.54. The molecule has 2 amide bonds. The van der Waals surface area contributed by atoms with Crippen molar-refractivity contribution in [3.8, 4) is 5.75 Å². The van der Waals surface area contributed by atoms with E-state index in [0.29, 0.717) is 23.5 Å². The Hall–Kier alpha value is -2.24. The molecule has 0 bridgehead atoms. The molecule has 3 N–H and O–H groups in total. The van der Waals surface area contributed by atoms with Crippen LogP contribution in [0.5, 0.6) is 5.75 Å². The standard InChI is InChI=1S/C14H21N3O3/c1-4-7-16-13(18)9-17(2)14(19)11-6-5-10(15)8-12(11)20-3/h5-6,8H,4,7,9,15H2,1-3H3,(H,16,18). The normalized spacial score (nSPS) is 9.95. The van der Waals surface area contributed by atoms with Crippen molar-refractivity contribution in [3.63, 3.8) is 0 Å². The maximum Gasteiger partial charge on any atom is 0.257 e. The number of carbonyl (C=O) groups is 2. The van der Waals surface area contributed by atoms with Crippen molar-refractivity contribution < 1.29 is 14.3 Å². The quantitative estimate of drug-likeness (QED) is 0.757. The highest BCUT2D eigenvalue weighted by Crippen LogP contribution is 2.22. The summed E-state index contributed by atoms with van der Waals surface area (Å²) in [6.45, 7) is 2.58. The monoisotopic (exact) mass is 279 g/mol. The van der Waals surface area contributed by atoms with Crippen molar-refractivity contribution in [1.29, 1.82) is 0 Å². The van der Waals surface area contributed by atoms with Crippen LogP contribution in [0.3, 0.4) is 0 Å². The van der Waals surface area contributed by atoms with Crippen LogP contribution in [0.25, 0.3) is 0 Å². The lowest BCUT2D eigenvalue weighted by Gasteiger charge is -2.18. The maximum absolute atomic E-state index is 12.3. The van der Waals surface area contributed by atoms with Crippen LogP contribution in [0.1, 0.15) is 23.7 Å². The Bertz CT molecular complexity index is 489. The van der Waals surface area contributed by atoms with Crippen LogP contribution in [-0.2, 0) is 4.79 Å². The molecule has 0 atom stereocenters. The zero-order chi connectivity index (χ0) is 15.1.